The number of fused-ring (bicyclic) bond motifs is 3. The molecule has 6 rings (SSSR count). The van der Waals surface area contributed by atoms with Crippen molar-refractivity contribution in [3.8, 4) is 28.0 Å². The van der Waals surface area contributed by atoms with Crippen LogP contribution in [0, 0.1) is 11.3 Å². The summed E-state index contributed by atoms with van der Waals surface area (Å²) >= 11 is 3.29. The zero-order chi connectivity index (χ0) is 32.9. The van der Waals surface area contributed by atoms with Crippen molar-refractivity contribution in [2.24, 2.45) is 0 Å². The number of hydrogen-bond donors (Lipinski definition) is 1. The van der Waals surface area contributed by atoms with Crippen LogP contribution in [0.1, 0.15) is 37.5 Å². The lowest BCUT2D eigenvalue weighted by molar-refractivity contribution is -0.132. The van der Waals surface area contributed by atoms with Gasteiger partial charge < -0.3 is 24.0 Å². The quantitative estimate of drug-likeness (QED) is 0.0753. The van der Waals surface area contributed by atoms with Gasteiger partial charge in [0, 0.05) is 33.4 Å². The van der Waals surface area contributed by atoms with Gasteiger partial charge in [0.25, 0.3) is 0 Å². The maximum absolute atomic E-state index is 11.5. The standard InChI is InChI=1S/C38H35N3O4S2/c1-4-5-6-7-20-40-33-22-32(21-26(24-39)38(42)43)46-36(33)37-34(40)23-35(47-37)25-8-10-27(11-9-25)41(28-12-16-30(44-2)17-13-28)29-14-18-31(45-3)19-15-29/h8-19,21-23H,4-7,20H2,1-3H3,(H,42,43)/b26-21-. The molecule has 0 aliphatic rings. The van der Waals surface area contributed by atoms with Crippen LogP contribution in [0.3, 0.4) is 0 Å². The smallest absolute Gasteiger partial charge is 0.346 e. The molecular weight excluding hydrogens is 627 g/mol. The number of benzene rings is 3. The first-order valence-electron chi connectivity index (χ1n) is 15.5. The largest absolute Gasteiger partial charge is 0.497 e. The molecule has 6 aromatic rings. The van der Waals surface area contributed by atoms with Crippen molar-refractivity contribution in [3.63, 3.8) is 0 Å². The Kier molecular flexibility index (Phi) is 9.62. The van der Waals surface area contributed by atoms with E-state index in [1.807, 2.05) is 54.6 Å². The summed E-state index contributed by atoms with van der Waals surface area (Å²) in [5.74, 6) is 0.388. The monoisotopic (exact) mass is 661 g/mol. The number of aliphatic carboxylic acids is 1. The van der Waals surface area contributed by atoms with Gasteiger partial charge in [-0.15, -0.1) is 22.7 Å². The highest BCUT2D eigenvalue weighted by Gasteiger charge is 2.19. The third-order valence-corrected chi connectivity index (χ3v) is 10.6. The number of anilines is 3. The molecule has 0 radical (unpaired) electrons. The van der Waals surface area contributed by atoms with Gasteiger partial charge >= 0.3 is 5.97 Å². The molecule has 0 amide bonds. The SMILES string of the molecule is CCCCCCn1c2cc(/C=C(/C#N)C(=O)O)sc2c2sc(-c3ccc(N(c4ccc(OC)cc4)c4ccc(OC)cc4)cc3)cc21. The Bertz CT molecular complexity index is 2030. The Morgan fingerprint density at radius 3 is 1.91 bits per heavy atom. The van der Waals surface area contributed by atoms with Crippen LogP contribution in [0.4, 0.5) is 17.1 Å². The molecule has 7 nitrogen and oxygen atoms in total. The van der Waals surface area contributed by atoms with Crippen molar-refractivity contribution >= 4 is 72.2 Å². The number of unbranched alkanes of at least 4 members (excludes halogenated alkanes) is 3. The molecule has 0 unspecified atom stereocenters. The molecule has 0 fully saturated rings. The molecule has 0 saturated carbocycles. The lowest BCUT2D eigenvalue weighted by Gasteiger charge is -2.26. The number of carboxylic acids is 1. The van der Waals surface area contributed by atoms with E-state index in [0.717, 1.165) is 68.6 Å². The second kappa shape index (κ2) is 14.2. The fourth-order valence-electron chi connectivity index (χ4n) is 5.76. The van der Waals surface area contributed by atoms with Crippen LogP contribution >= 0.6 is 22.7 Å². The minimum absolute atomic E-state index is 0.259. The first kappa shape index (κ1) is 31.9. The summed E-state index contributed by atoms with van der Waals surface area (Å²) < 4.78 is 15.5. The molecule has 0 aliphatic carbocycles. The maximum atomic E-state index is 11.5. The number of aryl methyl sites for hydroxylation is 1. The van der Waals surface area contributed by atoms with Gasteiger partial charge in [0.1, 0.15) is 23.1 Å². The number of methoxy groups -OCH3 is 2. The van der Waals surface area contributed by atoms with Crippen LogP contribution in [0.2, 0.25) is 0 Å². The van der Waals surface area contributed by atoms with E-state index >= 15 is 0 Å². The number of thiophene rings is 2. The number of nitriles is 1. The van der Waals surface area contributed by atoms with E-state index in [0.29, 0.717) is 0 Å². The summed E-state index contributed by atoms with van der Waals surface area (Å²) in [6.45, 7) is 3.10. The summed E-state index contributed by atoms with van der Waals surface area (Å²) in [6, 6.07) is 30.8. The minimum Gasteiger partial charge on any atom is -0.497 e. The van der Waals surface area contributed by atoms with Gasteiger partial charge in [0.05, 0.1) is 34.7 Å². The normalized spacial score (nSPS) is 11.6. The highest BCUT2D eigenvalue weighted by molar-refractivity contribution is 7.29. The van der Waals surface area contributed by atoms with E-state index in [2.05, 4.69) is 46.7 Å². The second-order valence-electron chi connectivity index (χ2n) is 11.2. The number of hydrogen-bond acceptors (Lipinski definition) is 7. The predicted molar refractivity (Wildman–Crippen MR) is 194 cm³/mol. The van der Waals surface area contributed by atoms with Crippen molar-refractivity contribution in [1.29, 1.82) is 5.26 Å². The van der Waals surface area contributed by atoms with E-state index in [-0.39, 0.29) is 5.57 Å². The Balaban J connectivity index is 1.38. The molecule has 3 aromatic carbocycles. The summed E-state index contributed by atoms with van der Waals surface area (Å²) in [6.07, 6.45) is 6.07. The topological polar surface area (TPSA) is 87.7 Å². The van der Waals surface area contributed by atoms with Crippen molar-refractivity contribution < 1.29 is 19.4 Å². The molecule has 0 atom stereocenters. The molecule has 1 N–H and O–H groups in total. The van der Waals surface area contributed by atoms with Crippen molar-refractivity contribution in [1.82, 2.24) is 4.57 Å². The molecule has 0 aliphatic heterocycles. The number of carbonyl (C=O) groups is 1. The van der Waals surface area contributed by atoms with Gasteiger partial charge in [0.15, 0.2) is 0 Å². The fourth-order valence-corrected chi connectivity index (χ4v) is 8.18. The average Bonchev–Trinajstić information content (AvgIpc) is 3.78. The molecule has 9 heteroatoms. The van der Waals surface area contributed by atoms with Gasteiger partial charge in [0.2, 0.25) is 0 Å². The number of aromatic nitrogens is 1. The van der Waals surface area contributed by atoms with Crippen molar-refractivity contribution in [2.75, 3.05) is 19.1 Å². The third-order valence-electron chi connectivity index (χ3n) is 8.18. The molecule has 3 heterocycles. The van der Waals surface area contributed by atoms with E-state index in [1.54, 1.807) is 43.0 Å². The number of rotatable bonds is 13. The Morgan fingerprint density at radius 2 is 1.38 bits per heavy atom. The van der Waals surface area contributed by atoms with Crippen LogP contribution in [-0.4, -0.2) is 29.9 Å². The van der Waals surface area contributed by atoms with Gasteiger partial charge in [-0.25, -0.2) is 4.79 Å². The fraction of sp³-hybridized carbons (Fsp3) is 0.211. The van der Waals surface area contributed by atoms with E-state index in [4.69, 9.17) is 9.47 Å². The molecular formula is C38H35N3O4S2. The third kappa shape index (κ3) is 6.61. The summed E-state index contributed by atoms with van der Waals surface area (Å²) in [5.41, 5.74) is 6.20. The minimum atomic E-state index is -1.21. The maximum Gasteiger partial charge on any atom is 0.346 e. The van der Waals surface area contributed by atoms with Crippen LogP contribution in [0.25, 0.3) is 36.9 Å². The van der Waals surface area contributed by atoms with Crippen LogP contribution in [0.5, 0.6) is 11.5 Å². The first-order valence-corrected chi connectivity index (χ1v) is 17.2. The van der Waals surface area contributed by atoms with Crippen LogP contribution in [0.15, 0.2) is 90.5 Å². The van der Waals surface area contributed by atoms with Crippen LogP contribution in [-0.2, 0) is 11.3 Å². The zero-order valence-electron chi connectivity index (χ0n) is 26.5. The molecule has 0 spiro atoms. The Morgan fingerprint density at radius 1 is 0.830 bits per heavy atom. The summed E-state index contributed by atoms with van der Waals surface area (Å²) in [7, 11) is 3.33. The zero-order valence-corrected chi connectivity index (χ0v) is 28.2. The van der Waals surface area contributed by atoms with E-state index in [9.17, 15) is 15.2 Å². The Hall–Kier alpha value is -5.04. The average molecular weight is 662 g/mol. The number of ether oxygens (including phenoxy) is 2. The lowest BCUT2D eigenvalue weighted by Crippen LogP contribution is -2.09. The highest BCUT2D eigenvalue weighted by Crippen LogP contribution is 2.44. The number of carboxylic acid groups (broad SMARTS) is 1. The number of nitrogens with zero attached hydrogens (tertiary/aromatic N) is 3. The van der Waals surface area contributed by atoms with E-state index < -0.39 is 5.97 Å². The predicted octanol–water partition coefficient (Wildman–Crippen LogP) is 10.6. The highest BCUT2D eigenvalue weighted by atomic mass is 32.1. The van der Waals surface area contributed by atoms with Gasteiger partial charge in [-0.05, 0) is 90.9 Å². The Labute approximate surface area is 282 Å². The molecule has 3 aromatic heterocycles. The van der Waals surface area contributed by atoms with Crippen LogP contribution < -0.4 is 14.4 Å². The van der Waals surface area contributed by atoms with E-state index in [1.165, 1.54) is 34.0 Å². The summed E-state index contributed by atoms with van der Waals surface area (Å²) in [5, 5.41) is 18.7. The summed E-state index contributed by atoms with van der Waals surface area (Å²) in [4.78, 5) is 15.7. The molecule has 238 valence electrons. The molecule has 0 bridgehead atoms. The molecule has 47 heavy (non-hydrogen) atoms. The van der Waals surface area contributed by atoms with Gasteiger partial charge in [-0.2, -0.15) is 5.26 Å². The lowest BCUT2D eigenvalue weighted by atomic mass is 10.1. The van der Waals surface area contributed by atoms with Gasteiger partial charge in [-0.1, -0.05) is 38.3 Å². The van der Waals surface area contributed by atoms with Gasteiger partial charge in [-0.3, -0.25) is 0 Å². The van der Waals surface area contributed by atoms with Crippen molar-refractivity contribution in [2.45, 2.75) is 39.2 Å². The molecule has 0 saturated heterocycles. The first-order chi connectivity index (χ1) is 22.9. The van der Waals surface area contributed by atoms with Crippen molar-refractivity contribution in [3.05, 3.63) is 95.4 Å². The second-order valence-corrected chi connectivity index (χ2v) is 13.3.